The number of aromatic nitrogens is 4. The topological polar surface area (TPSA) is 69.1 Å². The maximum atomic E-state index is 5.80. The van der Waals surface area contributed by atoms with E-state index < -0.39 is 0 Å². The Morgan fingerprint density at radius 1 is 1.26 bits per heavy atom. The molecule has 0 saturated heterocycles. The predicted octanol–water partition coefficient (Wildman–Crippen LogP) is 2.04. The first-order valence-corrected chi connectivity index (χ1v) is 6.73. The lowest BCUT2D eigenvalue weighted by Gasteiger charge is -2.07. The average Bonchev–Trinajstić information content (AvgIpc) is 2.83. The summed E-state index contributed by atoms with van der Waals surface area (Å²) in [5.74, 6) is 0. The highest BCUT2D eigenvalue weighted by molar-refractivity contribution is 7.99. The summed E-state index contributed by atoms with van der Waals surface area (Å²) in [4.78, 5) is 4.39. The molecule has 3 heterocycles. The largest absolute Gasteiger partial charge is 0.326 e. The minimum atomic E-state index is 0.471. The van der Waals surface area contributed by atoms with Crippen LogP contribution in [0.2, 0.25) is 0 Å². The van der Waals surface area contributed by atoms with E-state index in [1.807, 2.05) is 41.8 Å². The Balaban J connectivity index is 2.04. The van der Waals surface area contributed by atoms with Crippen LogP contribution in [0.3, 0.4) is 0 Å². The van der Waals surface area contributed by atoms with Gasteiger partial charge in [-0.3, -0.25) is 4.40 Å². The molecule has 0 aliphatic carbocycles. The van der Waals surface area contributed by atoms with E-state index in [1.54, 1.807) is 6.20 Å². The SMILES string of the molecule is Cc1ccnc(Sc2nnc3ccccn23)c1CN. The quantitative estimate of drug-likeness (QED) is 0.789. The minimum Gasteiger partial charge on any atom is -0.326 e. The molecule has 0 unspecified atom stereocenters. The van der Waals surface area contributed by atoms with Gasteiger partial charge in [0.05, 0.1) is 0 Å². The minimum absolute atomic E-state index is 0.471. The van der Waals surface area contributed by atoms with Gasteiger partial charge in [-0.1, -0.05) is 6.07 Å². The summed E-state index contributed by atoms with van der Waals surface area (Å²) >= 11 is 1.49. The van der Waals surface area contributed by atoms with Crippen molar-refractivity contribution in [3.8, 4) is 0 Å². The zero-order valence-corrected chi connectivity index (χ0v) is 11.3. The van der Waals surface area contributed by atoms with Gasteiger partial charge in [0.25, 0.3) is 0 Å². The normalized spacial score (nSPS) is 11.1. The number of pyridine rings is 2. The maximum absolute atomic E-state index is 5.80. The second-order valence-corrected chi connectivity index (χ2v) is 5.09. The first-order valence-electron chi connectivity index (χ1n) is 5.92. The van der Waals surface area contributed by atoms with Gasteiger partial charge in [-0.25, -0.2) is 4.98 Å². The predicted molar refractivity (Wildman–Crippen MR) is 74.0 cm³/mol. The Hall–Kier alpha value is -1.92. The molecule has 0 bridgehead atoms. The third kappa shape index (κ3) is 2.20. The van der Waals surface area contributed by atoms with E-state index >= 15 is 0 Å². The zero-order chi connectivity index (χ0) is 13.2. The number of fused-ring (bicyclic) bond motifs is 1. The number of nitrogens with two attached hydrogens (primary N) is 1. The Labute approximate surface area is 114 Å². The molecule has 3 rings (SSSR count). The molecule has 2 N–H and O–H groups in total. The van der Waals surface area contributed by atoms with Crippen LogP contribution in [0.5, 0.6) is 0 Å². The molecule has 0 amide bonds. The number of nitrogens with zero attached hydrogens (tertiary/aromatic N) is 4. The summed E-state index contributed by atoms with van der Waals surface area (Å²) in [6.45, 7) is 2.51. The van der Waals surface area contributed by atoms with Crippen molar-refractivity contribution in [1.29, 1.82) is 0 Å². The Bertz CT molecular complexity index is 722. The summed E-state index contributed by atoms with van der Waals surface area (Å²) in [7, 11) is 0. The number of hydrogen-bond donors (Lipinski definition) is 1. The number of hydrogen-bond acceptors (Lipinski definition) is 5. The summed E-state index contributed by atoms with van der Waals surface area (Å²) in [6.07, 6.45) is 3.73. The van der Waals surface area contributed by atoms with Crippen molar-refractivity contribution in [3.63, 3.8) is 0 Å². The van der Waals surface area contributed by atoms with Crippen LogP contribution in [-0.2, 0) is 6.54 Å². The summed E-state index contributed by atoms with van der Waals surface area (Å²) in [6, 6.07) is 7.78. The van der Waals surface area contributed by atoms with E-state index in [1.165, 1.54) is 11.8 Å². The van der Waals surface area contributed by atoms with Gasteiger partial charge in [0, 0.05) is 24.5 Å². The zero-order valence-electron chi connectivity index (χ0n) is 10.4. The number of aryl methyl sites for hydroxylation is 1. The lowest BCUT2D eigenvalue weighted by molar-refractivity contribution is 0.900. The first-order chi connectivity index (χ1) is 9.29. The van der Waals surface area contributed by atoms with Crippen molar-refractivity contribution < 1.29 is 0 Å². The summed E-state index contributed by atoms with van der Waals surface area (Å²) < 4.78 is 1.94. The van der Waals surface area contributed by atoms with Crippen molar-refractivity contribution in [1.82, 2.24) is 19.6 Å². The van der Waals surface area contributed by atoms with E-state index in [2.05, 4.69) is 15.2 Å². The molecular weight excluding hydrogens is 258 g/mol. The lowest BCUT2D eigenvalue weighted by Crippen LogP contribution is -2.03. The fourth-order valence-electron chi connectivity index (χ4n) is 1.88. The summed E-state index contributed by atoms with van der Waals surface area (Å²) in [5.41, 5.74) is 8.83. The highest BCUT2D eigenvalue weighted by Crippen LogP contribution is 2.28. The second-order valence-electron chi connectivity index (χ2n) is 4.13. The fraction of sp³-hybridized carbons (Fsp3) is 0.154. The molecule has 0 aromatic carbocycles. The van der Waals surface area contributed by atoms with Gasteiger partial charge in [0.1, 0.15) is 5.03 Å². The average molecular weight is 271 g/mol. The van der Waals surface area contributed by atoms with Gasteiger partial charge < -0.3 is 5.73 Å². The Kier molecular flexibility index (Phi) is 3.18. The Morgan fingerprint density at radius 3 is 3.00 bits per heavy atom. The standard InChI is InChI=1S/C13H13N5S/c1-9-5-6-15-12(10(9)8-14)19-13-17-16-11-4-2-3-7-18(11)13/h2-7H,8,14H2,1H3. The van der Waals surface area contributed by atoms with Gasteiger partial charge in [0.15, 0.2) is 5.65 Å². The van der Waals surface area contributed by atoms with Crippen LogP contribution in [0.15, 0.2) is 46.8 Å². The molecule has 0 aliphatic rings. The van der Waals surface area contributed by atoms with Crippen LogP contribution in [-0.4, -0.2) is 19.6 Å². The smallest absolute Gasteiger partial charge is 0.201 e. The van der Waals surface area contributed by atoms with Crippen molar-refractivity contribution >= 4 is 17.4 Å². The molecule has 96 valence electrons. The highest BCUT2D eigenvalue weighted by Gasteiger charge is 2.11. The third-order valence-electron chi connectivity index (χ3n) is 2.93. The van der Waals surface area contributed by atoms with E-state index in [9.17, 15) is 0 Å². The lowest BCUT2D eigenvalue weighted by atomic mass is 10.2. The second kappa shape index (κ2) is 4.99. The van der Waals surface area contributed by atoms with E-state index in [0.717, 1.165) is 27.0 Å². The van der Waals surface area contributed by atoms with Gasteiger partial charge in [0.2, 0.25) is 5.16 Å². The van der Waals surface area contributed by atoms with Crippen molar-refractivity contribution in [2.24, 2.45) is 5.73 Å². The molecule has 19 heavy (non-hydrogen) atoms. The molecule has 0 radical (unpaired) electrons. The van der Waals surface area contributed by atoms with Crippen LogP contribution < -0.4 is 5.73 Å². The Morgan fingerprint density at radius 2 is 2.16 bits per heavy atom. The van der Waals surface area contributed by atoms with Gasteiger partial charge in [-0.05, 0) is 42.4 Å². The van der Waals surface area contributed by atoms with Crippen molar-refractivity contribution in [2.45, 2.75) is 23.7 Å². The molecule has 5 nitrogen and oxygen atoms in total. The van der Waals surface area contributed by atoms with Crippen molar-refractivity contribution in [3.05, 3.63) is 47.8 Å². The molecule has 0 atom stereocenters. The molecule has 0 spiro atoms. The van der Waals surface area contributed by atoms with Crippen LogP contribution in [0.4, 0.5) is 0 Å². The molecular formula is C13H13N5S. The van der Waals surface area contributed by atoms with Gasteiger partial charge >= 0.3 is 0 Å². The van der Waals surface area contributed by atoms with Crippen LogP contribution in [0.1, 0.15) is 11.1 Å². The third-order valence-corrected chi connectivity index (χ3v) is 3.93. The van der Waals surface area contributed by atoms with E-state index in [-0.39, 0.29) is 0 Å². The molecule has 0 saturated carbocycles. The molecule has 0 fully saturated rings. The maximum Gasteiger partial charge on any atom is 0.201 e. The first kappa shape index (κ1) is 12.1. The molecule has 6 heteroatoms. The van der Waals surface area contributed by atoms with Gasteiger partial charge in [-0.15, -0.1) is 10.2 Å². The molecule has 3 aromatic heterocycles. The van der Waals surface area contributed by atoms with Gasteiger partial charge in [-0.2, -0.15) is 0 Å². The van der Waals surface area contributed by atoms with E-state index in [4.69, 9.17) is 5.73 Å². The van der Waals surface area contributed by atoms with E-state index in [0.29, 0.717) is 6.54 Å². The molecule has 0 aliphatic heterocycles. The summed E-state index contributed by atoms with van der Waals surface area (Å²) in [5, 5.41) is 10.0. The number of rotatable bonds is 3. The van der Waals surface area contributed by atoms with Crippen molar-refractivity contribution in [2.75, 3.05) is 0 Å². The molecule has 3 aromatic rings. The fourth-order valence-corrected chi connectivity index (χ4v) is 2.86. The van der Waals surface area contributed by atoms with Crippen LogP contribution in [0.25, 0.3) is 5.65 Å². The highest BCUT2D eigenvalue weighted by atomic mass is 32.2. The van der Waals surface area contributed by atoms with Crippen LogP contribution in [0, 0.1) is 6.92 Å². The van der Waals surface area contributed by atoms with Crippen LogP contribution >= 0.6 is 11.8 Å². The monoisotopic (exact) mass is 271 g/mol.